The molecule has 4 heterocycles. The Hall–Kier alpha value is -2.91. The Bertz CT molecular complexity index is 1100. The lowest BCUT2D eigenvalue weighted by atomic mass is 9.91. The van der Waals surface area contributed by atoms with E-state index in [1.165, 1.54) is 0 Å². The van der Waals surface area contributed by atoms with Gasteiger partial charge in [0.25, 0.3) is 5.71 Å². The summed E-state index contributed by atoms with van der Waals surface area (Å²) in [5, 5.41) is 8.01. The number of alkyl halides is 3. The average Bonchev–Trinajstić information content (AvgIpc) is 3.32. The molecule has 7 nitrogen and oxygen atoms in total. The molecule has 0 radical (unpaired) electrons. The van der Waals surface area contributed by atoms with Gasteiger partial charge in [-0.3, -0.25) is 9.48 Å². The number of aromatic nitrogens is 4. The molecule has 3 aromatic rings. The molecule has 1 saturated heterocycles. The summed E-state index contributed by atoms with van der Waals surface area (Å²) in [5.41, 5.74) is 0.582. The van der Waals surface area contributed by atoms with E-state index in [0.29, 0.717) is 25.1 Å². The van der Waals surface area contributed by atoms with Crippen molar-refractivity contribution in [1.29, 1.82) is 0 Å². The molecule has 0 aromatic carbocycles. The summed E-state index contributed by atoms with van der Waals surface area (Å²) in [4.78, 5) is 18.6. The Morgan fingerprint density at radius 3 is 2.77 bits per heavy atom. The van der Waals surface area contributed by atoms with Crippen LogP contribution in [0.4, 0.5) is 13.2 Å². The van der Waals surface area contributed by atoms with Crippen molar-refractivity contribution in [1.82, 2.24) is 24.8 Å². The van der Waals surface area contributed by atoms with E-state index in [0.717, 1.165) is 11.6 Å². The molecule has 0 bridgehead atoms. The van der Waals surface area contributed by atoms with Crippen LogP contribution in [0, 0.1) is 6.92 Å². The fourth-order valence-electron chi connectivity index (χ4n) is 4.01. The van der Waals surface area contributed by atoms with Gasteiger partial charge in [0.15, 0.2) is 0 Å². The lowest BCUT2D eigenvalue weighted by Gasteiger charge is -2.32. The number of halogens is 3. The van der Waals surface area contributed by atoms with E-state index >= 15 is 0 Å². The second-order valence-electron chi connectivity index (χ2n) is 8.39. The third-order valence-electron chi connectivity index (χ3n) is 5.61. The number of piperidine rings is 1. The van der Waals surface area contributed by atoms with Gasteiger partial charge >= 0.3 is 6.18 Å². The molecule has 1 amide bonds. The molecule has 166 valence electrons. The topological polar surface area (TPSA) is 77.0 Å². The smallest absolute Gasteiger partial charge is 0.340 e. The fourth-order valence-corrected chi connectivity index (χ4v) is 4.01. The zero-order valence-corrected chi connectivity index (χ0v) is 17.6. The van der Waals surface area contributed by atoms with Gasteiger partial charge in [0, 0.05) is 30.9 Å². The van der Waals surface area contributed by atoms with Gasteiger partial charge in [-0.15, -0.1) is 0 Å². The monoisotopic (exact) mass is 435 g/mol. The van der Waals surface area contributed by atoms with Gasteiger partial charge < -0.3 is 9.42 Å². The van der Waals surface area contributed by atoms with Gasteiger partial charge in [0.2, 0.25) is 5.91 Å². The summed E-state index contributed by atoms with van der Waals surface area (Å²) in [6, 6.07) is 1.08. The lowest BCUT2D eigenvalue weighted by molar-refractivity contribution is -0.136. The van der Waals surface area contributed by atoms with Crippen LogP contribution in [-0.2, 0) is 17.5 Å². The summed E-state index contributed by atoms with van der Waals surface area (Å²) in [6.45, 7) is 6.36. The molecule has 0 aliphatic carbocycles. The molecule has 1 aliphatic heterocycles. The lowest BCUT2D eigenvalue weighted by Crippen LogP contribution is -2.41. The molecule has 3 aromatic heterocycles. The SMILES string of the molecule is Cc1cnn(CC(=O)N2CCC[C@H](c3noc4nc(C(C)C)cc(C(F)(F)F)c34)C2)c1. The highest BCUT2D eigenvalue weighted by atomic mass is 19.4. The van der Waals surface area contributed by atoms with E-state index in [2.05, 4.69) is 15.2 Å². The number of carbonyl (C=O) groups excluding carboxylic acids is 1. The maximum Gasteiger partial charge on any atom is 0.417 e. The summed E-state index contributed by atoms with van der Waals surface area (Å²) >= 11 is 0. The van der Waals surface area contributed by atoms with Crippen LogP contribution in [0.1, 0.15) is 61.0 Å². The summed E-state index contributed by atoms with van der Waals surface area (Å²) in [5.74, 6) is -0.671. The molecular weight excluding hydrogens is 411 g/mol. The number of hydrogen-bond acceptors (Lipinski definition) is 5. The third kappa shape index (κ3) is 4.28. The van der Waals surface area contributed by atoms with Crippen LogP contribution in [0.3, 0.4) is 0 Å². The van der Waals surface area contributed by atoms with Crippen molar-refractivity contribution < 1.29 is 22.5 Å². The maximum atomic E-state index is 13.9. The van der Waals surface area contributed by atoms with Gasteiger partial charge in [0.05, 0.1) is 22.8 Å². The van der Waals surface area contributed by atoms with E-state index in [9.17, 15) is 18.0 Å². The van der Waals surface area contributed by atoms with Crippen LogP contribution in [0.2, 0.25) is 0 Å². The molecule has 0 saturated carbocycles. The number of pyridine rings is 1. The van der Waals surface area contributed by atoms with Crippen molar-refractivity contribution in [2.75, 3.05) is 13.1 Å². The highest BCUT2D eigenvalue weighted by Gasteiger charge is 2.38. The molecule has 0 spiro atoms. The molecule has 1 fully saturated rings. The van der Waals surface area contributed by atoms with Crippen molar-refractivity contribution in [3.05, 3.63) is 41.0 Å². The summed E-state index contributed by atoms with van der Waals surface area (Å²) < 4.78 is 48.4. The quantitative estimate of drug-likeness (QED) is 0.612. The molecule has 4 rings (SSSR count). The molecule has 0 N–H and O–H groups in total. The number of hydrogen-bond donors (Lipinski definition) is 0. The Balaban J connectivity index is 1.64. The first-order valence-electron chi connectivity index (χ1n) is 10.3. The average molecular weight is 435 g/mol. The number of nitrogens with zero attached hydrogens (tertiary/aromatic N) is 5. The third-order valence-corrected chi connectivity index (χ3v) is 5.61. The van der Waals surface area contributed by atoms with E-state index in [-0.39, 0.29) is 47.6 Å². The minimum absolute atomic E-state index is 0.0905. The Labute approximate surface area is 177 Å². The molecule has 1 atom stereocenters. The first-order valence-corrected chi connectivity index (χ1v) is 10.3. The van der Waals surface area contributed by atoms with Crippen molar-refractivity contribution in [2.45, 2.75) is 58.2 Å². The zero-order chi connectivity index (χ0) is 22.3. The highest BCUT2D eigenvalue weighted by Crippen LogP contribution is 2.40. The van der Waals surface area contributed by atoms with Gasteiger partial charge in [-0.05, 0) is 37.3 Å². The first-order chi connectivity index (χ1) is 14.6. The van der Waals surface area contributed by atoms with Crippen LogP contribution in [0.25, 0.3) is 11.1 Å². The molecule has 10 heteroatoms. The van der Waals surface area contributed by atoms with E-state index in [1.807, 2.05) is 6.92 Å². The van der Waals surface area contributed by atoms with Crippen LogP contribution in [0.5, 0.6) is 0 Å². The minimum atomic E-state index is -4.56. The fraction of sp³-hybridized carbons (Fsp3) is 0.524. The van der Waals surface area contributed by atoms with Crippen LogP contribution < -0.4 is 0 Å². The Kier molecular flexibility index (Phi) is 5.49. The molecule has 1 aliphatic rings. The number of likely N-dealkylation sites (tertiary alicyclic amines) is 1. The van der Waals surface area contributed by atoms with E-state index in [4.69, 9.17) is 4.52 Å². The number of fused-ring (bicyclic) bond motifs is 1. The van der Waals surface area contributed by atoms with Gasteiger partial charge in [-0.2, -0.15) is 18.3 Å². The molecule has 0 unspecified atom stereocenters. The highest BCUT2D eigenvalue weighted by molar-refractivity contribution is 5.82. The van der Waals surface area contributed by atoms with Gasteiger partial charge in [0.1, 0.15) is 6.54 Å². The normalized spacial score (nSPS) is 17.6. The maximum absolute atomic E-state index is 13.9. The second-order valence-corrected chi connectivity index (χ2v) is 8.39. The van der Waals surface area contributed by atoms with Crippen molar-refractivity contribution in [3.8, 4) is 0 Å². The van der Waals surface area contributed by atoms with E-state index < -0.39 is 11.7 Å². The number of carbonyl (C=O) groups is 1. The van der Waals surface area contributed by atoms with Crippen molar-refractivity contribution >= 4 is 17.0 Å². The number of aryl methyl sites for hydroxylation is 1. The van der Waals surface area contributed by atoms with E-state index in [1.54, 1.807) is 35.8 Å². The van der Waals surface area contributed by atoms with Crippen molar-refractivity contribution in [3.63, 3.8) is 0 Å². The van der Waals surface area contributed by atoms with Crippen LogP contribution >= 0.6 is 0 Å². The largest absolute Gasteiger partial charge is 0.417 e. The first kappa shape index (κ1) is 21.3. The summed E-state index contributed by atoms with van der Waals surface area (Å²) in [6.07, 6.45) is 0.174. The summed E-state index contributed by atoms with van der Waals surface area (Å²) in [7, 11) is 0. The number of rotatable bonds is 4. The van der Waals surface area contributed by atoms with Crippen molar-refractivity contribution in [2.24, 2.45) is 0 Å². The Morgan fingerprint density at radius 1 is 1.35 bits per heavy atom. The van der Waals surface area contributed by atoms with Crippen LogP contribution in [0.15, 0.2) is 23.0 Å². The predicted molar refractivity (Wildman–Crippen MR) is 106 cm³/mol. The van der Waals surface area contributed by atoms with Gasteiger partial charge in [-0.1, -0.05) is 19.0 Å². The van der Waals surface area contributed by atoms with Gasteiger partial charge in [-0.25, -0.2) is 4.98 Å². The van der Waals surface area contributed by atoms with Crippen LogP contribution in [-0.4, -0.2) is 43.8 Å². The molecular formula is C21H24F3N5O2. The molecule has 31 heavy (non-hydrogen) atoms. The second kappa shape index (κ2) is 7.97. The Morgan fingerprint density at radius 2 is 2.13 bits per heavy atom. The predicted octanol–water partition coefficient (Wildman–Crippen LogP) is 4.28. The zero-order valence-electron chi connectivity index (χ0n) is 17.6. The standard InChI is InChI=1S/C21H24F3N5O2/c1-12(2)16-7-15(21(22,23)24)18-19(27-31-20(18)26-16)14-5-4-6-28(10-14)17(30)11-29-9-13(3)8-25-29/h7-9,12,14H,4-6,10-11H2,1-3H3/t14-/m0/s1. The minimum Gasteiger partial charge on any atom is -0.340 e. The number of amides is 1.